The maximum absolute atomic E-state index is 13.0. The Morgan fingerprint density at radius 1 is 1.14 bits per heavy atom. The summed E-state index contributed by atoms with van der Waals surface area (Å²) < 4.78 is 0. The number of hydrogen-bond acceptors (Lipinski definition) is 4. The fraction of sp³-hybridized carbons (Fsp3) is 0.609. The molecule has 5 rings (SSSR count). The van der Waals surface area contributed by atoms with Crippen molar-refractivity contribution < 1.29 is 4.79 Å². The number of nitrogens with zero attached hydrogens (tertiary/aromatic N) is 4. The lowest BCUT2D eigenvalue weighted by Crippen LogP contribution is -2.62. The van der Waals surface area contributed by atoms with Gasteiger partial charge in [-0.05, 0) is 25.3 Å². The molecule has 2 aromatic rings. The van der Waals surface area contributed by atoms with Crippen LogP contribution in [0.2, 0.25) is 0 Å². The summed E-state index contributed by atoms with van der Waals surface area (Å²) in [5.74, 6) is 2.72. The summed E-state index contributed by atoms with van der Waals surface area (Å²) in [6.07, 6.45) is 5.85. The van der Waals surface area contributed by atoms with Crippen LogP contribution in [-0.2, 0) is 11.3 Å². The first-order valence-electron chi connectivity index (χ1n) is 11.1. The lowest BCUT2D eigenvalue weighted by molar-refractivity contribution is -0.149. The van der Waals surface area contributed by atoms with Crippen molar-refractivity contribution >= 4 is 5.91 Å². The average Bonchev–Trinajstić information content (AvgIpc) is 3.31. The third-order valence-electron chi connectivity index (χ3n) is 7.17. The van der Waals surface area contributed by atoms with Crippen LogP contribution in [0.4, 0.5) is 0 Å². The second-order valence-corrected chi connectivity index (χ2v) is 9.38. The average molecular weight is 394 g/mol. The van der Waals surface area contributed by atoms with E-state index in [2.05, 4.69) is 55.3 Å². The molecule has 1 N–H and O–H groups in total. The third-order valence-corrected chi connectivity index (χ3v) is 7.17. The normalized spacial score (nSPS) is 24.7. The Balaban J connectivity index is 1.32. The van der Waals surface area contributed by atoms with Gasteiger partial charge in [-0.2, -0.15) is 5.10 Å². The molecule has 154 valence electrons. The van der Waals surface area contributed by atoms with E-state index < -0.39 is 0 Å². The molecule has 1 aliphatic carbocycles. The van der Waals surface area contributed by atoms with Crippen LogP contribution < -0.4 is 0 Å². The first kappa shape index (κ1) is 18.8. The van der Waals surface area contributed by atoms with E-state index in [1.165, 1.54) is 24.8 Å². The largest absolute Gasteiger partial charge is 0.341 e. The Labute approximate surface area is 172 Å². The summed E-state index contributed by atoms with van der Waals surface area (Å²) in [5, 5.41) is 7.53. The molecule has 1 spiro atoms. The van der Waals surface area contributed by atoms with Crippen LogP contribution in [0, 0.1) is 18.3 Å². The molecule has 1 aromatic carbocycles. The quantitative estimate of drug-likeness (QED) is 0.867. The predicted molar refractivity (Wildman–Crippen MR) is 111 cm³/mol. The highest BCUT2D eigenvalue weighted by Gasteiger charge is 2.57. The monoisotopic (exact) mass is 393 g/mol. The van der Waals surface area contributed by atoms with Crippen molar-refractivity contribution in [2.75, 3.05) is 26.2 Å². The Kier molecular flexibility index (Phi) is 4.90. The SMILES string of the molecule is Cc1nc(C2CN(Cc3ccccc3)CC23CN(C(=O)C2CCCCC2)C3)n[nH]1. The van der Waals surface area contributed by atoms with Gasteiger partial charge in [-0.1, -0.05) is 49.6 Å². The Morgan fingerprint density at radius 3 is 2.59 bits per heavy atom. The fourth-order valence-corrected chi connectivity index (χ4v) is 5.70. The molecule has 6 heteroatoms. The second-order valence-electron chi connectivity index (χ2n) is 9.38. The number of rotatable bonds is 4. The molecule has 3 fully saturated rings. The molecule has 1 aromatic heterocycles. The molecule has 1 amide bonds. The van der Waals surface area contributed by atoms with E-state index in [9.17, 15) is 4.79 Å². The summed E-state index contributed by atoms with van der Waals surface area (Å²) in [6, 6.07) is 10.7. The first-order chi connectivity index (χ1) is 14.1. The molecule has 6 nitrogen and oxygen atoms in total. The number of benzene rings is 1. The second kappa shape index (κ2) is 7.56. The van der Waals surface area contributed by atoms with Gasteiger partial charge in [0.25, 0.3) is 0 Å². The van der Waals surface area contributed by atoms with E-state index in [4.69, 9.17) is 0 Å². The number of likely N-dealkylation sites (tertiary alicyclic amines) is 2. The standard InChI is InChI=1S/C23H31N5O/c1-17-24-21(26-25-17)20-13-27(12-18-8-4-2-5-9-18)14-23(20)15-28(16-23)22(29)19-10-6-3-7-11-19/h2,4-5,8-9,19-20H,3,6-7,10-16H2,1H3,(H,24,25,26). The zero-order valence-electron chi connectivity index (χ0n) is 17.3. The number of aryl methyl sites for hydroxylation is 1. The van der Waals surface area contributed by atoms with Gasteiger partial charge in [-0.15, -0.1) is 0 Å². The number of hydrogen-bond donors (Lipinski definition) is 1. The van der Waals surface area contributed by atoms with Gasteiger partial charge in [0.15, 0.2) is 5.82 Å². The number of carbonyl (C=O) groups is 1. The van der Waals surface area contributed by atoms with Crippen molar-refractivity contribution in [2.45, 2.75) is 51.5 Å². The van der Waals surface area contributed by atoms with E-state index >= 15 is 0 Å². The Morgan fingerprint density at radius 2 is 1.90 bits per heavy atom. The predicted octanol–water partition coefficient (Wildman–Crippen LogP) is 3.12. The number of nitrogens with one attached hydrogen (secondary N) is 1. The van der Waals surface area contributed by atoms with Gasteiger partial charge in [0, 0.05) is 50.0 Å². The summed E-state index contributed by atoms with van der Waals surface area (Å²) in [4.78, 5) is 22.3. The van der Waals surface area contributed by atoms with Gasteiger partial charge < -0.3 is 4.90 Å². The molecule has 1 unspecified atom stereocenters. The molecule has 2 aliphatic heterocycles. The van der Waals surface area contributed by atoms with Gasteiger partial charge in [-0.3, -0.25) is 14.8 Å². The molecule has 1 saturated carbocycles. The van der Waals surface area contributed by atoms with Gasteiger partial charge in [0.2, 0.25) is 5.91 Å². The first-order valence-corrected chi connectivity index (χ1v) is 11.1. The van der Waals surface area contributed by atoms with Crippen LogP contribution in [-0.4, -0.2) is 57.1 Å². The van der Waals surface area contributed by atoms with Gasteiger partial charge in [0.05, 0.1) is 0 Å². The molecule has 0 bridgehead atoms. The van der Waals surface area contributed by atoms with Crippen LogP contribution in [0.5, 0.6) is 0 Å². The van der Waals surface area contributed by atoms with Crippen LogP contribution in [0.15, 0.2) is 30.3 Å². The lowest BCUT2D eigenvalue weighted by Gasteiger charge is -2.51. The van der Waals surface area contributed by atoms with Gasteiger partial charge in [-0.25, -0.2) is 4.98 Å². The minimum atomic E-state index is 0.0910. The molecule has 3 aliphatic rings. The van der Waals surface area contributed by atoms with Crippen LogP contribution in [0.25, 0.3) is 0 Å². The highest BCUT2D eigenvalue weighted by molar-refractivity contribution is 5.80. The lowest BCUT2D eigenvalue weighted by atomic mass is 9.70. The Bertz CT molecular complexity index is 851. The summed E-state index contributed by atoms with van der Waals surface area (Å²) in [5.41, 5.74) is 1.43. The van der Waals surface area contributed by atoms with Crippen molar-refractivity contribution in [1.82, 2.24) is 25.0 Å². The highest BCUT2D eigenvalue weighted by atomic mass is 16.2. The maximum Gasteiger partial charge on any atom is 0.225 e. The molecule has 0 radical (unpaired) electrons. The minimum absolute atomic E-state index is 0.0910. The number of aromatic amines is 1. The van der Waals surface area contributed by atoms with Crippen molar-refractivity contribution in [3.63, 3.8) is 0 Å². The van der Waals surface area contributed by atoms with Gasteiger partial charge in [0.1, 0.15) is 5.82 Å². The van der Waals surface area contributed by atoms with E-state index in [-0.39, 0.29) is 17.3 Å². The number of aromatic nitrogens is 3. The summed E-state index contributed by atoms with van der Waals surface area (Å²) in [7, 11) is 0. The topological polar surface area (TPSA) is 65.1 Å². The highest BCUT2D eigenvalue weighted by Crippen LogP contribution is 2.49. The molecular formula is C23H31N5O. The third kappa shape index (κ3) is 3.59. The van der Waals surface area contributed by atoms with Crippen molar-refractivity contribution in [2.24, 2.45) is 11.3 Å². The number of H-pyrrole nitrogens is 1. The summed E-state index contributed by atoms with van der Waals surface area (Å²) in [6.45, 7) is 6.57. The van der Waals surface area contributed by atoms with E-state index in [0.29, 0.717) is 5.91 Å². The van der Waals surface area contributed by atoms with Crippen LogP contribution in [0.3, 0.4) is 0 Å². The fourth-order valence-electron chi connectivity index (χ4n) is 5.70. The van der Waals surface area contributed by atoms with E-state index in [0.717, 1.165) is 57.2 Å². The molecule has 29 heavy (non-hydrogen) atoms. The maximum atomic E-state index is 13.0. The van der Waals surface area contributed by atoms with Crippen molar-refractivity contribution in [3.8, 4) is 0 Å². The van der Waals surface area contributed by atoms with Crippen LogP contribution >= 0.6 is 0 Å². The van der Waals surface area contributed by atoms with E-state index in [1.807, 2.05) is 6.92 Å². The van der Waals surface area contributed by atoms with Crippen molar-refractivity contribution in [1.29, 1.82) is 0 Å². The number of carbonyl (C=O) groups excluding carboxylic acids is 1. The Hall–Kier alpha value is -2.21. The minimum Gasteiger partial charge on any atom is -0.341 e. The molecule has 3 heterocycles. The van der Waals surface area contributed by atoms with Crippen LogP contribution in [0.1, 0.15) is 55.2 Å². The van der Waals surface area contributed by atoms with E-state index in [1.54, 1.807) is 0 Å². The van der Waals surface area contributed by atoms with Gasteiger partial charge >= 0.3 is 0 Å². The smallest absolute Gasteiger partial charge is 0.225 e. The number of amides is 1. The zero-order valence-corrected chi connectivity index (χ0v) is 17.3. The van der Waals surface area contributed by atoms with Crippen molar-refractivity contribution in [3.05, 3.63) is 47.5 Å². The molecular weight excluding hydrogens is 362 g/mol. The zero-order chi connectivity index (χ0) is 19.8. The summed E-state index contributed by atoms with van der Waals surface area (Å²) >= 11 is 0. The molecule has 2 saturated heterocycles. The molecule has 1 atom stereocenters.